The van der Waals surface area contributed by atoms with E-state index in [0.29, 0.717) is 11.3 Å². The van der Waals surface area contributed by atoms with Crippen LogP contribution in [-0.4, -0.2) is 55.8 Å². The maximum atomic E-state index is 11.8. The number of hydrogen-bond acceptors (Lipinski definition) is 6. The number of thioether (sulfide) groups is 1. The van der Waals surface area contributed by atoms with Crippen molar-refractivity contribution in [2.45, 2.75) is 17.8 Å². The van der Waals surface area contributed by atoms with E-state index in [1.54, 1.807) is 6.07 Å². The van der Waals surface area contributed by atoms with Crippen molar-refractivity contribution in [1.82, 2.24) is 4.90 Å². The number of carboxylic acids is 1. The van der Waals surface area contributed by atoms with E-state index in [4.69, 9.17) is 5.73 Å². The predicted molar refractivity (Wildman–Crippen MR) is 79.5 cm³/mol. The summed E-state index contributed by atoms with van der Waals surface area (Å²) in [5, 5.41) is 28.4. The van der Waals surface area contributed by atoms with Crippen LogP contribution in [0.15, 0.2) is 18.2 Å². The van der Waals surface area contributed by atoms with Gasteiger partial charge in [0.2, 0.25) is 5.91 Å². The standard InChI is InChI=1S/C14H16N2O5S/c15-10-11(19)16-5-14(13(20)21,6-22-12(10)16)4-7-1-2-8(17)9(18)3-7/h1-3,10,12,17-18H,4-6,15H2,(H,20,21)/t10?,12-,14?/m1/s1. The van der Waals surface area contributed by atoms with E-state index in [1.165, 1.54) is 28.8 Å². The summed E-state index contributed by atoms with van der Waals surface area (Å²) in [4.78, 5) is 25.1. The van der Waals surface area contributed by atoms with Gasteiger partial charge in [0.1, 0.15) is 11.4 Å². The van der Waals surface area contributed by atoms with Gasteiger partial charge in [0.05, 0.1) is 5.41 Å². The molecule has 2 unspecified atom stereocenters. The number of carbonyl (C=O) groups excluding carboxylic acids is 1. The highest BCUT2D eigenvalue weighted by molar-refractivity contribution is 8.00. The highest BCUT2D eigenvalue weighted by atomic mass is 32.2. The van der Waals surface area contributed by atoms with E-state index in [-0.39, 0.29) is 35.7 Å². The third-order valence-electron chi connectivity index (χ3n) is 4.22. The molecule has 2 aliphatic rings. The number of fused-ring (bicyclic) bond motifs is 1. The summed E-state index contributed by atoms with van der Waals surface area (Å²) in [6.45, 7) is 0.105. The Hall–Kier alpha value is -1.93. The minimum atomic E-state index is -1.12. The van der Waals surface area contributed by atoms with Crippen molar-refractivity contribution in [3.63, 3.8) is 0 Å². The number of aliphatic carboxylic acids is 1. The average molecular weight is 324 g/mol. The number of phenols is 2. The molecular formula is C14H16N2O5S. The van der Waals surface area contributed by atoms with Gasteiger partial charge in [0, 0.05) is 12.3 Å². The molecule has 2 aliphatic heterocycles. The van der Waals surface area contributed by atoms with E-state index >= 15 is 0 Å². The average Bonchev–Trinajstić information content (AvgIpc) is 2.50. The Bertz CT molecular complexity index is 652. The molecule has 1 aromatic carbocycles. The molecule has 7 nitrogen and oxygen atoms in total. The van der Waals surface area contributed by atoms with Crippen LogP contribution < -0.4 is 5.73 Å². The van der Waals surface area contributed by atoms with Crippen LogP contribution >= 0.6 is 11.8 Å². The van der Waals surface area contributed by atoms with Gasteiger partial charge in [-0.25, -0.2) is 0 Å². The van der Waals surface area contributed by atoms with Crippen molar-refractivity contribution >= 4 is 23.6 Å². The zero-order valence-electron chi connectivity index (χ0n) is 11.6. The van der Waals surface area contributed by atoms with Crippen LogP contribution in [0.1, 0.15) is 5.56 Å². The number of phenolic OH excluding ortho intramolecular Hbond substituents is 2. The third-order valence-corrected chi connectivity index (χ3v) is 5.83. The minimum absolute atomic E-state index is 0.105. The topological polar surface area (TPSA) is 124 Å². The summed E-state index contributed by atoms with van der Waals surface area (Å²) in [5.41, 5.74) is 5.18. The largest absolute Gasteiger partial charge is 0.504 e. The van der Waals surface area contributed by atoms with Crippen molar-refractivity contribution < 1.29 is 24.9 Å². The molecule has 3 atom stereocenters. The molecule has 0 aromatic heterocycles. The normalized spacial score (nSPS) is 30.6. The predicted octanol–water partition coefficient (Wildman–Crippen LogP) is -0.0463. The van der Waals surface area contributed by atoms with Crippen molar-refractivity contribution in [3.8, 4) is 11.5 Å². The SMILES string of the molecule is NC1C(=O)N2CC(Cc3ccc(O)c(O)c3)(C(=O)O)CS[C@H]12. The van der Waals surface area contributed by atoms with E-state index in [1.807, 2.05) is 0 Å². The molecule has 2 saturated heterocycles. The maximum absolute atomic E-state index is 11.8. The molecule has 22 heavy (non-hydrogen) atoms. The number of benzene rings is 1. The van der Waals surface area contributed by atoms with Crippen LogP contribution in [0.25, 0.3) is 0 Å². The quantitative estimate of drug-likeness (QED) is 0.454. The molecular weight excluding hydrogens is 308 g/mol. The van der Waals surface area contributed by atoms with Crippen molar-refractivity contribution in [2.24, 2.45) is 11.1 Å². The number of aromatic hydroxyl groups is 2. The Morgan fingerprint density at radius 2 is 2.14 bits per heavy atom. The fourth-order valence-electron chi connectivity index (χ4n) is 2.91. The second kappa shape index (κ2) is 5.06. The minimum Gasteiger partial charge on any atom is -0.504 e. The molecule has 3 rings (SSSR count). The van der Waals surface area contributed by atoms with E-state index in [0.717, 1.165) is 0 Å². The maximum Gasteiger partial charge on any atom is 0.312 e. The molecule has 0 spiro atoms. The first-order valence-corrected chi connectivity index (χ1v) is 7.81. The molecule has 5 N–H and O–H groups in total. The van der Waals surface area contributed by atoms with E-state index in [2.05, 4.69) is 0 Å². The number of β-lactam (4-membered cyclic amide) rings is 1. The number of rotatable bonds is 3. The van der Waals surface area contributed by atoms with Gasteiger partial charge in [-0.05, 0) is 24.1 Å². The van der Waals surface area contributed by atoms with E-state index in [9.17, 15) is 24.9 Å². The van der Waals surface area contributed by atoms with Crippen LogP contribution in [0, 0.1) is 5.41 Å². The number of nitrogens with zero attached hydrogens (tertiary/aromatic N) is 1. The Morgan fingerprint density at radius 3 is 2.77 bits per heavy atom. The van der Waals surface area contributed by atoms with Crippen LogP contribution in [-0.2, 0) is 16.0 Å². The monoisotopic (exact) mass is 324 g/mol. The van der Waals surface area contributed by atoms with Gasteiger partial charge >= 0.3 is 5.97 Å². The molecule has 8 heteroatoms. The first kappa shape index (κ1) is 15.0. The second-order valence-electron chi connectivity index (χ2n) is 5.78. The van der Waals surface area contributed by atoms with Crippen molar-refractivity contribution in [2.75, 3.05) is 12.3 Å². The smallest absolute Gasteiger partial charge is 0.312 e. The highest BCUT2D eigenvalue weighted by Gasteiger charge is 2.55. The van der Waals surface area contributed by atoms with Gasteiger partial charge in [-0.1, -0.05) is 6.07 Å². The lowest BCUT2D eigenvalue weighted by Crippen LogP contribution is -2.72. The first-order chi connectivity index (χ1) is 10.3. The fourth-order valence-corrected chi connectivity index (χ4v) is 4.40. The van der Waals surface area contributed by atoms with Gasteiger partial charge in [-0.3, -0.25) is 9.59 Å². The highest BCUT2D eigenvalue weighted by Crippen LogP contribution is 2.43. The Balaban J connectivity index is 1.85. The number of carbonyl (C=O) groups is 2. The number of hydrogen-bond donors (Lipinski definition) is 4. The molecule has 2 heterocycles. The molecule has 0 saturated carbocycles. The molecule has 2 fully saturated rings. The van der Waals surface area contributed by atoms with Gasteiger partial charge in [-0.15, -0.1) is 11.8 Å². The Morgan fingerprint density at radius 1 is 1.41 bits per heavy atom. The molecule has 1 amide bonds. The lowest BCUT2D eigenvalue weighted by molar-refractivity contribution is -0.156. The summed E-state index contributed by atoms with van der Waals surface area (Å²) in [7, 11) is 0. The second-order valence-corrected chi connectivity index (χ2v) is 6.88. The van der Waals surface area contributed by atoms with Crippen LogP contribution in [0.5, 0.6) is 11.5 Å². The van der Waals surface area contributed by atoms with Gasteiger partial charge in [0.15, 0.2) is 11.5 Å². The molecule has 0 radical (unpaired) electrons. The molecule has 1 aromatic rings. The Labute approximate surface area is 130 Å². The number of nitrogens with two attached hydrogens (primary N) is 1. The lowest BCUT2D eigenvalue weighted by Gasteiger charge is -2.52. The fraction of sp³-hybridized carbons (Fsp3) is 0.429. The van der Waals surface area contributed by atoms with Crippen LogP contribution in [0.2, 0.25) is 0 Å². The molecule has 0 bridgehead atoms. The zero-order valence-corrected chi connectivity index (χ0v) is 12.4. The Kier molecular flexibility index (Phi) is 3.45. The summed E-state index contributed by atoms with van der Waals surface area (Å²) in [6, 6.07) is 3.69. The van der Waals surface area contributed by atoms with E-state index < -0.39 is 17.4 Å². The summed E-state index contributed by atoms with van der Waals surface area (Å²) >= 11 is 1.37. The van der Waals surface area contributed by atoms with Crippen LogP contribution in [0.4, 0.5) is 0 Å². The van der Waals surface area contributed by atoms with Gasteiger partial charge in [-0.2, -0.15) is 0 Å². The van der Waals surface area contributed by atoms with Gasteiger partial charge in [0.25, 0.3) is 0 Å². The van der Waals surface area contributed by atoms with Crippen molar-refractivity contribution in [1.29, 1.82) is 0 Å². The van der Waals surface area contributed by atoms with Gasteiger partial charge < -0.3 is 26.0 Å². The zero-order chi connectivity index (χ0) is 16.1. The third kappa shape index (κ3) is 2.19. The summed E-state index contributed by atoms with van der Waals surface area (Å²) in [5.74, 6) is -1.42. The molecule has 118 valence electrons. The number of carboxylic acid groups (broad SMARTS) is 1. The number of amides is 1. The van der Waals surface area contributed by atoms with Crippen LogP contribution in [0.3, 0.4) is 0 Å². The molecule has 0 aliphatic carbocycles. The summed E-state index contributed by atoms with van der Waals surface area (Å²) < 4.78 is 0. The lowest BCUT2D eigenvalue weighted by atomic mass is 9.81. The van der Waals surface area contributed by atoms with Crippen molar-refractivity contribution in [3.05, 3.63) is 23.8 Å². The summed E-state index contributed by atoms with van der Waals surface area (Å²) in [6.07, 6.45) is 0.162. The first-order valence-electron chi connectivity index (χ1n) is 6.76.